The summed E-state index contributed by atoms with van der Waals surface area (Å²) in [6.45, 7) is 0. The third-order valence-electron chi connectivity index (χ3n) is 0.330. The van der Waals surface area contributed by atoms with Crippen molar-refractivity contribution in [3.8, 4) is 0 Å². The van der Waals surface area contributed by atoms with Crippen molar-refractivity contribution < 1.29 is 49.1 Å². The number of amides is 1. The first-order chi connectivity index (χ1) is 5.68. The Kier molecular flexibility index (Phi) is 13.7. The third kappa shape index (κ3) is 29.5. The van der Waals surface area contributed by atoms with Gasteiger partial charge >= 0.3 is 32.6 Å². The van der Waals surface area contributed by atoms with Gasteiger partial charge in [-0.3, -0.25) is 4.79 Å². The number of thiocarbonyl (C=S) groups is 1. The summed E-state index contributed by atoms with van der Waals surface area (Å²) in [5, 5.41) is 0. The Balaban J connectivity index is -0.0000000770. The van der Waals surface area contributed by atoms with Gasteiger partial charge in [-0.2, -0.15) is 0 Å². The van der Waals surface area contributed by atoms with Crippen molar-refractivity contribution in [2.75, 3.05) is 0 Å². The van der Waals surface area contributed by atoms with E-state index in [4.69, 9.17) is 19.2 Å². The molecule has 0 unspecified atom stereocenters. The van der Waals surface area contributed by atoms with Gasteiger partial charge in [0.05, 0.1) is 0 Å². The van der Waals surface area contributed by atoms with Crippen LogP contribution in [0, 0.1) is 0 Å². The third-order valence-corrected chi connectivity index (χ3v) is 0.696. The molecule has 0 saturated carbocycles. The molecule has 0 atom stereocenters. The van der Waals surface area contributed by atoms with Crippen LogP contribution < -0.4 is 18.9 Å². The summed E-state index contributed by atoms with van der Waals surface area (Å²) in [5.41, 5.74) is 0. The molecule has 7 nitrogen and oxygen atoms in total. The number of nitrogens with zero attached hydrogens (tertiary/aromatic N) is 1. The van der Waals surface area contributed by atoms with Gasteiger partial charge in [0.2, 0.25) is 6.08 Å². The molecule has 0 spiro atoms. The van der Waals surface area contributed by atoms with Crippen LogP contribution in [0.5, 0.6) is 0 Å². The monoisotopic (exact) mass is 253 g/mol. The molecule has 0 rings (SSSR count). The maximum atomic E-state index is 10.1. The minimum Gasteiger partial charge on any atom is -1.00 e. The van der Waals surface area contributed by atoms with Gasteiger partial charge in [-0.25, -0.2) is 9.36 Å². The molecule has 0 aromatic rings. The molecule has 0 radical (unpaired) electrons. The zero-order valence-corrected chi connectivity index (χ0v) is 9.42. The van der Waals surface area contributed by atoms with E-state index in [0.717, 1.165) is 6.08 Å². The average Bonchev–Trinajstić information content (AvgIpc) is 1.84. The van der Waals surface area contributed by atoms with Crippen LogP contribution in [0.1, 0.15) is 1.43 Å². The second kappa shape index (κ2) is 9.74. The maximum Gasteiger partial charge on any atom is 1.00 e. The summed E-state index contributed by atoms with van der Waals surface area (Å²) in [6, 6.07) is 0. The molecule has 11 heteroatoms. The number of phosphoric acid groups is 1. The van der Waals surface area contributed by atoms with Crippen LogP contribution in [0.25, 0.3) is 0 Å². The summed E-state index contributed by atoms with van der Waals surface area (Å²) >= 11 is 7.66. The van der Waals surface area contributed by atoms with Gasteiger partial charge in [0, 0.05) is 0 Å². The molecule has 0 aliphatic carbocycles. The van der Waals surface area contributed by atoms with E-state index in [1.54, 1.807) is 0 Å². The van der Waals surface area contributed by atoms with Crippen molar-refractivity contribution in [3.63, 3.8) is 0 Å². The van der Waals surface area contributed by atoms with E-state index in [-0.39, 0.29) is 24.5 Å². The number of isocyanates is 1. The van der Waals surface area contributed by atoms with Crippen LogP contribution in [0.2, 0.25) is 0 Å². The standard InChI is InChI=1S/C3HNO2S2.Li.H3O4P.H/c5-1-4-2(6)3(7)8;;1-5(2,3)4;/h(H,7,8);;(H3,1,2,3,4);/q;+1;;-1. The Bertz CT molecular complexity index is 288. The molecule has 0 saturated heterocycles. The maximum absolute atomic E-state index is 10.1. The van der Waals surface area contributed by atoms with Crippen molar-refractivity contribution in [2.45, 2.75) is 0 Å². The molecule has 14 heavy (non-hydrogen) atoms. The van der Waals surface area contributed by atoms with Crippen LogP contribution in [0.4, 0.5) is 0 Å². The molecular weight excluding hydrogens is 248 g/mol. The van der Waals surface area contributed by atoms with E-state index < -0.39 is 13.7 Å². The van der Waals surface area contributed by atoms with E-state index in [9.17, 15) is 9.59 Å². The minimum atomic E-state index is -4.64. The summed E-state index contributed by atoms with van der Waals surface area (Å²) in [6.07, 6.45) is 1.04. The van der Waals surface area contributed by atoms with Crippen molar-refractivity contribution in [3.05, 3.63) is 0 Å². The van der Waals surface area contributed by atoms with E-state index in [1.807, 2.05) is 0 Å². The molecule has 76 valence electrons. The number of hydrogen-bond acceptors (Lipinski definition) is 4. The van der Waals surface area contributed by atoms with Gasteiger partial charge < -0.3 is 16.1 Å². The largest absolute Gasteiger partial charge is 1.00 e. The molecule has 3 N–H and O–H groups in total. The molecule has 0 fully saturated rings. The Hall–Kier alpha value is 0.197. The quantitative estimate of drug-likeness (QED) is 0.0946. The van der Waals surface area contributed by atoms with Gasteiger partial charge in [0.1, 0.15) is 4.20 Å². The number of rotatable bonds is 1. The second-order valence-corrected chi connectivity index (χ2v) is 3.51. The van der Waals surface area contributed by atoms with Crippen LogP contribution in [-0.2, 0) is 14.2 Å². The zero-order valence-electron chi connectivity index (χ0n) is 7.82. The number of carbonyl (C=O) groups excluding carboxylic acids is 2. The molecule has 0 aliphatic heterocycles. The fraction of sp³-hybridized carbons (Fsp3) is 0. The van der Waals surface area contributed by atoms with E-state index in [1.165, 1.54) is 0 Å². The SMILES string of the molecule is O=C=NC(=O)C(=S)S.O=P(O)(O)O.[H-].[Li+]. The van der Waals surface area contributed by atoms with Crippen LogP contribution in [-0.4, -0.2) is 30.9 Å². The normalized spacial score (nSPS) is 8.29. The average molecular weight is 253 g/mol. The number of thiol groups is 1. The number of carbonyl (C=O) groups is 1. The van der Waals surface area contributed by atoms with Crippen LogP contribution in [0.3, 0.4) is 0 Å². The van der Waals surface area contributed by atoms with Gasteiger partial charge in [0.15, 0.2) is 0 Å². The molecule has 0 heterocycles. The van der Waals surface area contributed by atoms with Gasteiger partial charge in [-0.15, -0.1) is 17.6 Å². The first-order valence-corrected chi connectivity index (χ1v) is 4.74. The summed E-state index contributed by atoms with van der Waals surface area (Å²) in [7, 11) is -4.64. The number of hydrogen-bond donors (Lipinski definition) is 4. The van der Waals surface area contributed by atoms with Gasteiger partial charge in [0.25, 0.3) is 0 Å². The molecule has 0 aliphatic rings. The molecule has 1 amide bonds. The predicted molar refractivity (Wildman–Crippen MR) is 50.1 cm³/mol. The second-order valence-electron chi connectivity index (χ2n) is 1.33. The van der Waals surface area contributed by atoms with Crippen molar-refractivity contribution in [2.24, 2.45) is 4.99 Å². The molecular formula is C3H5LiNO6PS2. The van der Waals surface area contributed by atoms with Crippen LogP contribution in [0.15, 0.2) is 4.99 Å². The number of aliphatic imine (C=N–C) groups is 1. The van der Waals surface area contributed by atoms with E-state index in [2.05, 4.69) is 29.8 Å². The van der Waals surface area contributed by atoms with Gasteiger partial charge in [-0.05, 0) is 0 Å². The summed E-state index contributed by atoms with van der Waals surface area (Å²) in [5.74, 6) is -0.821. The molecule has 0 aromatic heterocycles. The van der Waals surface area contributed by atoms with Crippen molar-refractivity contribution >= 4 is 48.9 Å². The Morgan fingerprint density at radius 3 is 1.86 bits per heavy atom. The van der Waals surface area contributed by atoms with E-state index >= 15 is 0 Å². The summed E-state index contributed by atoms with van der Waals surface area (Å²) in [4.78, 5) is 43.6. The fourth-order valence-electron chi connectivity index (χ4n) is 0.0893. The molecule has 0 aromatic carbocycles. The topological polar surface area (TPSA) is 124 Å². The first kappa shape index (κ1) is 19.7. The Labute approximate surface area is 103 Å². The Morgan fingerprint density at radius 2 is 1.79 bits per heavy atom. The van der Waals surface area contributed by atoms with E-state index in [0.29, 0.717) is 0 Å². The predicted octanol–water partition coefficient (Wildman–Crippen LogP) is -3.71. The van der Waals surface area contributed by atoms with Crippen molar-refractivity contribution in [1.29, 1.82) is 0 Å². The van der Waals surface area contributed by atoms with Gasteiger partial charge in [-0.1, -0.05) is 12.2 Å². The van der Waals surface area contributed by atoms with Crippen molar-refractivity contribution in [1.82, 2.24) is 0 Å². The molecule has 0 bridgehead atoms. The Morgan fingerprint density at radius 1 is 1.50 bits per heavy atom. The minimum absolute atomic E-state index is 0. The zero-order chi connectivity index (χ0) is 11.1. The smallest absolute Gasteiger partial charge is 1.00 e. The fourth-order valence-corrected chi connectivity index (χ4v) is 0.185. The summed E-state index contributed by atoms with van der Waals surface area (Å²) < 4.78 is 8.65. The first-order valence-electron chi connectivity index (χ1n) is 2.32. The van der Waals surface area contributed by atoms with Crippen LogP contribution >= 0.6 is 32.7 Å².